The van der Waals surface area contributed by atoms with Crippen molar-refractivity contribution >= 4 is 35.6 Å². The zero-order chi connectivity index (χ0) is 14.2. The van der Waals surface area contributed by atoms with E-state index in [1.807, 2.05) is 0 Å². The molecule has 0 aromatic heterocycles. The zero-order valence-corrected chi connectivity index (χ0v) is 11.0. The molecule has 1 N–H and O–H groups in total. The highest BCUT2D eigenvalue weighted by molar-refractivity contribution is 8.03. The van der Waals surface area contributed by atoms with Gasteiger partial charge in [-0.05, 0) is 6.92 Å². The Balaban J connectivity index is 2.17. The first-order valence-electron chi connectivity index (χ1n) is 5.70. The highest BCUT2D eigenvalue weighted by Gasteiger charge is 2.79. The Morgan fingerprint density at radius 3 is 2.53 bits per heavy atom. The standard InChI is InChI=1S/C11H11NO6S/c1-10-5-6(8(16)18-7(5)15)11(19-10,3-4(13)14)9(17)12(10)2/h5-6H,3H2,1-2H3,(H,13,14). The third kappa shape index (κ3) is 1.20. The monoisotopic (exact) mass is 285 g/mol. The molecule has 3 fully saturated rings. The van der Waals surface area contributed by atoms with E-state index in [1.54, 1.807) is 6.92 Å². The van der Waals surface area contributed by atoms with Gasteiger partial charge in [-0.15, -0.1) is 11.8 Å². The maximum absolute atomic E-state index is 12.3. The summed E-state index contributed by atoms with van der Waals surface area (Å²) in [5.41, 5.74) is 0. The van der Waals surface area contributed by atoms with Gasteiger partial charge in [0.1, 0.15) is 15.5 Å². The van der Waals surface area contributed by atoms with Crippen LogP contribution in [0.3, 0.4) is 0 Å². The van der Waals surface area contributed by atoms with E-state index >= 15 is 0 Å². The number of carbonyl (C=O) groups is 4. The Morgan fingerprint density at radius 1 is 1.37 bits per heavy atom. The van der Waals surface area contributed by atoms with Crippen molar-refractivity contribution in [3.8, 4) is 0 Å². The minimum absolute atomic E-state index is 0.421. The van der Waals surface area contributed by atoms with Gasteiger partial charge in [-0.1, -0.05) is 0 Å². The third-order valence-corrected chi connectivity index (χ3v) is 6.14. The van der Waals surface area contributed by atoms with Crippen molar-refractivity contribution in [3.05, 3.63) is 0 Å². The second kappa shape index (κ2) is 3.30. The van der Waals surface area contributed by atoms with Crippen LogP contribution in [0.15, 0.2) is 0 Å². The summed E-state index contributed by atoms with van der Waals surface area (Å²) in [5.74, 6) is -4.83. The summed E-state index contributed by atoms with van der Waals surface area (Å²) in [6.45, 7) is 1.67. The molecule has 3 aliphatic heterocycles. The van der Waals surface area contributed by atoms with E-state index in [0.717, 1.165) is 11.8 Å². The van der Waals surface area contributed by atoms with Crippen molar-refractivity contribution in [1.82, 2.24) is 4.90 Å². The molecular weight excluding hydrogens is 274 g/mol. The van der Waals surface area contributed by atoms with Crippen molar-refractivity contribution in [3.63, 3.8) is 0 Å². The average Bonchev–Trinajstić information content (AvgIpc) is 2.79. The molecule has 3 heterocycles. The molecule has 0 radical (unpaired) electrons. The number of likely N-dealkylation sites (tertiary alicyclic amines) is 1. The van der Waals surface area contributed by atoms with Crippen molar-refractivity contribution in [2.24, 2.45) is 11.8 Å². The number of carbonyl (C=O) groups excluding carboxylic acids is 3. The summed E-state index contributed by atoms with van der Waals surface area (Å²) in [5, 5.41) is 9.03. The van der Waals surface area contributed by atoms with E-state index in [9.17, 15) is 19.2 Å². The molecule has 8 heteroatoms. The fraction of sp³-hybridized carbons (Fsp3) is 0.636. The molecule has 2 bridgehead atoms. The van der Waals surface area contributed by atoms with Gasteiger partial charge in [0.2, 0.25) is 5.91 Å². The number of carboxylic acid groups (broad SMARTS) is 1. The number of thioether (sulfide) groups is 1. The first-order valence-corrected chi connectivity index (χ1v) is 6.51. The topological polar surface area (TPSA) is 101 Å². The number of aliphatic carboxylic acids is 1. The molecular formula is C11H11NO6S. The van der Waals surface area contributed by atoms with Crippen molar-refractivity contribution in [2.75, 3.05) is 7.05 Å². The number of carboxylic acids is 1. The van der Waals surface area contributed by atoms with Gasteiger partial charge < -0.3 is 14.7 Å². The number of hydrogen-bond donors (Lipinski definition) is 1. The minimum atomic E-state index is -1.41. The van der Waals surface area contributed by atoms with E-state index in [1.165, 1.54) is 11.9 Å². The molecule has 19 heavy (non-hydrogen) atoms. The highest BCUT2D eigenvalue weighted by atomic mass is 32.2. The van der Waals surface area contributed by atoms with E-state index in [0.29, 0.717) is 0 Å². The Kier molecular flexibility index (Phi) is 2.16. The molecule has 0 aromatic rings. The molecule has 1 amide bonds. The lowest BCUT2D eigenvalue weighted by Gasteiger charge is -2.37. The van der Waals surface area contributed by atoms with Gasteiger partial charge in [-0.25, -0.2) is 0 Å². The van der Waals surface area contributed by atoms with Gasteiger partial charge in [0.25, 0.3) is 0 Å². The molecule has 4 atom stereocenters. The summed E-state index contributed by atoms with van der Waals surface area (Å²) in [7, 11) is 1.52. The van der Waals surface area contributed by atoms with E-state index in [-0.39, 0.29) is 0 Å². The maximum atomic E-state index is 12.3. The molecule has 0 saturated carbocycles. The van der Waals surface area contributed by atoms with Crippen LogP contribution in [-0.4, -0.2) is 50.5 Å². The quantitative estimate of drug-likeness (QED) is 0.536. The van der Waals surface area contributed by atoms with Gasteiger partial charge in [0, 0.05) is 7.05 Å². The van der Waals surface area contributed by atoms with Gasteiger partial charge in [-0.2, -0.15) is 0 Å². The number of nitrogens with zero attached hydrogens (tertiary/aromatic N) is 1. The maximum Gasteiger partial charge on any atom is 0.320 e. The fourth-order valence-electron chi connectivity index (χ4n) is 3.37. The molecule has 4 unspecified atom stereocenters. The molecule has 0 aliphatic carbocycles. The normalized spacial score (nSPS) is 43.7. The molecule has 3 saturated heterocycles. The van der Waals surface area contributed by atoms with Crippen LogP contribution in [0.5, 0.6) is 0 Å². The lowest BCUT2D eigenvalue weighted by Crippen LogP contribution is -2.58. The van der Waals surface area contributed by atoms with E-state index < -0.39 is 51.7 Å². The summed E-state index contributed by atoms with van der Waals surface area (Å²) < 4.78 is 3.20. The summed E-state index contributed by atoms with van der Waals surface area (Å²) in [4.78, 5) is 47.5. The second-order valence-corrected chi connectivity index (χ2v) is 6.94. The van der Waals surface area contributed by atoms with E-state index in [4.69, 9.17) is 5.11 Å². The zero-order valence-electron chi connectivity index (χ0n) is 10.2. The Morgan fingerprint density at radius 2 is 1.95 bits per heavy atom. The molecule has 3 rings (SSSR count). The predicted molar refractivity (Wildman–Crippen MR) is 61.8 cm³/mol. The average molecular weight is 285 g/mol. The number of esters is 2. The van der Waals surface area contributed by atoms with Crippen LogP contribution in [0.1, 0.15) is 13.3 Å². The number of rotatable bonds is 2. The first-order chi connectivity index (χ1) is 8.74. The Bertz CT molecular complexity index is 547. The van der Waals surface area contributed by atoms with Gasteiger partial charge >= 0.3 is 17.9 Å². The number of amides is 1. The number of fused-ring (bicyclic) bond motifs is 5. The first kappa shape index (κ1) is 12.5. The van der Waals surface area contributed by atoms with Crippen LogP contribution in [0.2, 0.25) is 0 Å². The highest BCUT2D eigenvalue weighted by Crippen LogP contribution is 2.67. The minimum Gasteiger partial charge on any atom is -0.481 e. The van der Waals surface area contributed by atoms with Crippen LogP contribution in [0, 0.1) is 11.8 Å². The van der Waals surface area contributed by atoms with Gasteiger partial charge in [0.15, 0.2) is 0 Å². The van der Waals surface area contributed by atoms with Crippen LogP contribution < -0.4 is 0 Å². The number of ether oxygens (including phenoxy) is 1. The Labute approximate surface area is 112 Å². The summed E-state index contributed by atoms with van der Waals surface area (Å²) >= 11 is 1.10. The largest absolute Gasteiger partial charge is 0.481 e. The molecule has 3 aliphatic rings. The Hall–Kier alpha value is -1.57. The van der Waals surface area contributed by atoms with Crippen LogP contribution in [0.4, 0.5) is 0 Å². The number of cyclic esters (lactones) is 2. The number of hydrogen-bond acceptors (Lipinski definition) is 6. The molecule has 102 valence electrons. The predicted octanol–water partition coefficient (Wildman–Crippen LogP) is -0.549. The van der Waals surface area contributed by atoms with E-state index in [2.05, 4.69) is 4.74 Å². The molecule has 7 nitrogen and oxygen atoms in total. The van der Waals surface area contributed by atoms with Gasteiger partial charge in [-0.3, -0.25) is 19.2 Å². The molecule has 0 spiro atoms. The lowest BCUT2D eigenvalue weighted by atomic mass is 9.73. The van der Waals surface area contributed by atoms with Crippen LogP contribution >= 0.6 is 11.8 Å². The fourth-order valence-corrected chi connectivity index (χ4v) is 5.46. The summed E-state index contributed by atoms with van der Waals surface area (Å²) in [6.07, 6.45) is -0.486. The van der Waals surface area contributed by atoms with Crippen molar-refractivity contribution in [1.29, 1.82) is 0 Å². The SMILES string of the molecule is CN1C(=O)C2(CC(=O)O)SC1(C)C1C(=O)OC(=O)C12. The van der Waals surface area contributed by atoms with Crippen LogP contribution in [-0.2, 0) is 23.9 Å². The van der Waals surface area contributed by atoms with Gasteiger partial charge in [0.05, 0.1) is 12.3 Å². The number of piperidine rings is 1. The van der Waals surface area contributed by atoms with Crippen molar-refractivity contribution < 1.29 is 29.0 Å². The summed E-state index contributed by atoms with van der Waals surface area (Å²) in [6, 6.07) is 0. The third-order valence-electron chi connectivity index (χ3n) is 4.26. The second-order valence-electron chi connectivity index (χ2n) is 5.18. The lowest BCUT2D eigenvalue weighted by molar-refractivity contribution is -0.154. The van der Waals surface area contributed by atoms with Crippen LogP contribution in [0.25, 0.3) is 0 Å². The smallest absolute Gasteiger partial charge is 0.320 e. The molecule has 0 aromatic carbocycles. The van der Waals surface area contributed by atoms with Crippen molar-refractivity contribution in [2.45, 2.75) is 23.0 Å².